The molecule has 234 valence electrons. The van der Waals surface area contributed by atoms with Crippen LogP contribution in [0, 0.1) is 0 Å². The Morgan fingerprint density at radius 3 is 0.978 bits per heavy atom. The predicted octanol–water partition coefficient (Wildman–Crippen LogP) is 0.512. The van der Waals surface area contributed by atoms with Crippen LogP contribution in [-0.4, -0.2) is 96.6 Å². The number of pyridine rings is 2. The van der Waals surface area contributed by atoms with E-state index >= 15 is 0 Å². The fourth-order valence-corrected chi connectivity index (χ4v) is 3.35. The van der Waals surface area contributed by atoms with Crippen molar-refractivity contribution < 1.29 is 59.4 Å². The van der Waals surface area contributed by atoms with Crippen molar-refractivity contribution >= 4 is 57.6 Å². The molecule has 0 unspecified atom stereocenters. The number of carboxylic acids is 6. The molecular weight excluding hydrogens is 620 g/mol. The maximum absolute atomic E-state index is 11.0. The molecule has 0 saturated carbocycles. The lowest BCUT2D eigenvalue weighted by atomic mass is 10.1. The number of H-pyrrole nitrogens is 2. The highest BCUT2D eigenvalue weighted by Gasteiger charge is 2.19. The van der Waals surface area contributed by atoms with Gasteiger partial charge in [0.1, 0.15) is 11.4 Å². The standard InChI is InChI=1S/C14H8N2O4.C6H4N2O6.C6H4N2O4/c17-13(18)9-5-3-7-1-2-8-4-6-10(14(19)20)16-12(8)11(7)15-9;9-3-4(10)8-2(6(13)14)1(7-3)5(11)12;9-5(10)3-1-2-4(6(11)12)8-7-3/h1-6H,(H,17,18)(H,19,20);(H,7,9)(H,8,10)(H,11,12)(H,13,14);1-2H,(H,9,10)(H,11,12). The van der Waals surface area contributed by atoms with E-state index in [1.807, 2.05) is 0 Å². The summed E-state index contributed by atoms with van der Waals surface area (Å²) in [5, 5.41) is 59.4. The van der Waals surface area contributed by atoms with Gasteiger partial charge in [0.05, 0.1) is 11.0 Å². The number of aromatic nitrogens is 6. The van der Waals surface area contributed by atoms with Gasteiger partial charge in [-0.2, -0.15) is 0 Å². The molecule has 0 bridgehead atoms. The third-order valence-electron chi connectivity index (χ3n) is 5.42. The lowest BCUT2D eigenvalue weighted by molar-refractivity contribution is 0.0640. The summed E-state index contributed by atoms with van der Waals surface area (Å²) < 4.78 is 0. The minimum Gasteiger partial charge on any atom is -0.477 e. The van der Waals surface area contributed by atoms with Gasteiger partial charge in [-0.1, -0.05) is 24.3 Å². The van der Waals surface area contributed by atoms with Crippen LogP contribution in [0.2, 0.25) is 0 Å². The van der Waals surface area contributed by atoms with E-state index in [0.29, 0.717) is 21.8 Å². The number of benzene rings is 1. The summed E-state index contributed by atoms with van der Waals surface area (Å²) >= 11 is 0. The van der Waals surface area contributed by atoms with Crippen LogP contribution in [0.15, 0.2) is 58.1 Å². The first-order chi connectivity index (χ1) is 21.6. The lowest BCUT2D eigenvalue weighted by Crippen LogP contribution is -2.34. The Morgan fingerprint density at radius 1 is 0.435 bits per heavy atom. The second-order valence-electron chi connectivity index (χ2n) is 8.39. The van der Waals surface area contributed by atoms with E-state index < -0.39 is 58.3 Å². The first kappa shape index (κ1) is 33.1. The molecule has 0 spiro atoms. The molecule has 46 heavy (non-hydrogen) atoms. The van der Waals surface area contributed by atoms with Gasteiger partial charge < -0.3 is 40.6 Å². The van der Waals surface area contributed by atoms with Crippen LogP contribution in [0.5, 0.6) is 0 Å². The fraction of sp³-hybridized carbons (Fsp3) is 0. The summed E-state index contributed by atoms with van der Waals surface area (Å²) in [6, 6.07) is 11.8. The van der Waals surface area contributed by atoms with E-state index in [2.05, 4.69) is 20.2 Å². The number of nitrogens with one attached hydrogen (secondary N) is 2. The average Bonchev–Trinajstić information content (AvgIpc) is 3.01. The van der Waals surface area contributed by atoms with Crippen LogP contribution < -0.4 is 11.1 Å². The quantitative estimate of drug-likeness (QED) is 0.0929. The molecule has 0 atom stereocenters. The highest BCUT2D eigenvalue weighted by atomic mass is 16.4. The minimum absolute atomic E-state index is 0.104. The Balaban J connectivity index is 0.000000196. The molecule has 4 heterocycles. The zero-order valence-corrected chi connectivity index (χ0v) is 22.4. The van der Waals surface area contributed by atoms with E-state index in [1.54, 1.807) is 34.2 Å². The summed E-state index contributed by atoms with van der Waals surface area (Å²) in [4.78, 5) is 96.0. The summed E-state index contributed by atoms with van der Waals surface area (Å²) in [5.41, 5.74) is -4.15. The van der Waals surface area contributed by atoms with Gasteiger partial charge in [-0.3, -0.25) is 9.59 Å². The highest BCUT2D eigenvalue weighted by molar-refractivity contribution is 6.05. The molecule has 0 aliphatic heterocycles. The number of fused-ring (bicyclic) bond motifs is 3. The number of aromatic amines is 2. The van der Waals surface area contributed by atoms with E-state index in [0.717, 1.165) is 12.1 Å². The van der Waals surface area contributed by atoms with E-state index in [1.165, 1.54) is 12.1 Å². The van der Waals surface area contributed by atoms with Crippen molar-refractivity contribution in [2.75, 3.05) is 0 Å². The van der Waals surface area contributed by atoms with Crippen molar-refractivity contribution in [3.8, 4) is 0 Å². The van der Waals surface area contributed by atoms with Crippen molar-refractivity contribution in [3.05, 3.63) is 103 Å². The van der Waals surface area contributed by atoms with Crippen molar-refractivity contribution in [1.82, 2.24) is 30.1 Å². The van der Waals surface area contributed by atoms with Gasteiger partial charge in [0.2, 0.25) is 0 Å². The molecule has 5 aromatic rings. The monoisotopic (exact) mass is 636 g/mol. The van der Waals surface area contributed by atoms with Crippen molar-refractivity contribution in [3.63, 3.8) is 0 Å². The summed E-state index contributed by atoms with van der Waals surface area (Å²) in [6.45, 7) is 0. The van der Waals surface area contributed by atoms with Gasteiger partial charge in [-0.25, -0.2) is 38.7 Å². The number of hydrogen-bond donors (Lipinski definition) is 8. The van der Waals surface area contributed by atoms with Gasteiger partial charge in [0.25, 0.3) is 0 Å². The average molecular weight is 636 g/mol. The third-order valence-corrected chi connectivity index (χ3v) is 5.42. The molecule has 5 rings (SSSR count). The second kappa shape index (κ2) is 13.7. The molecule has 20 heteroatoms. The number of carboxylic acid groups (broad SMARTS) is 6. The smallest absolute Gasteiger partial charge is 0.356 e. The summed E-state index contributed by atoms with van der Waals surface area (Å²) in [7, 11) is 0. The number of hydrogen-bond acceptors (Lipinski definition) is 12. The molecule has 20 nitrogen and oxygen atoms in total. The van der Waals surface area contributed by atoms with Gasteiger partial charge in [-0.15, -0.1) is 10.2 Å². The molecule has 4 aromatic heterocycles. The first-order valence-corrected chi connectivity index (χ1v) is 11.9. The molecular formula is C26H16N6O14. The van der Waals surface area contributed by atoms with Gasteiger partial charge in [0, 0.05) is 10.8 Å². The van der Waals surface area contributed by atoms with Crippen LogP contribution in [0.1, 0.15) is 62.9 Å². The van der Waals surface area contributed by atoms with Crippen molar-refractivity contribution in [2.24, 2.45) is 0 Å². The van der Waals surface area contributed by atoms with Crippen molar-refractivity contribution in [1.29, 1.82) is 0 Å². The van der Waals surface area contributed by atoms with Crippen LogP contribution in [-0.2, 0) is 0 Å². The van der Waals surface area contributed by atoms with E-state index in [-0.39, 0.29) is 22.8 Å². The highest BCUT2D eigenvalue weighted by Crippen LogP contribution is 2.23. The molecule has 1 aromatic carbocycles. The molecule has 0 fully saturated rings. The fourth-order valence-electron chi connectivity index (χ4n) is 3.35. The van der Waals surface area contributed by atoms with Crippen LogP contribution in [0.4, 0.5) is 0 Å². The van der Waals surface area contributed by atoms with Crippen LogP contribution in [0.25, 0.3) is 21.8 Å². The maximum atomic E-state index is 11.0. The van der Waals surface area contributed by atoms with Gasteiger partial charge >= 0.3 is 46.9 Å². The Kier molecular flexibility index (Phi) is 9.89. The number of carbonyl (C=O) groups is 6. The maximum Gasteiger partial charge on any atom is 0.356 e. The predicted molar refractivity (Wildman–Crippen MR) is 149 cm³/mol. The SMILES string of the molecule is O=C(O)c1[nH]c(=O)c(=O)[nH]c1C(=O)O.O=C(O)c1ccc(C(=O)O)nn1.O=C(O)c1ccc2ccc3ccc(C(=O)O)nc3c2n1. The van der Waals surface area contributed by atoms with Crippen LogP contribution >= 0.6 is 0 Å². The third kappa shape index (κ3) is 7.71. The molecule has 0 radical (unpaired) electrons. The Morgan fingerprint density at radius 2 is 0.717 bits per heavy atom. The van der Waals surface area contributed by atoms with Gasteiger partial charge in [0.15, 0.2) is 22.8 Å². The Hall–Kier alpha value is -7.38. The van der Waals surface area contributed by atoms with E-state index in [9.17, 15) is 38.4 Å². The normalized spacial score (nSPS) is 10.1. The second-order valence-corrected chi connectivity index (χ2v) is 8.39. The molecule has 0 amide bonds. The number of nitrogens with zero attached hydrogens (tertiary/aromatic N) is 4. The summed E-state index contributed by atoms with van der Waals surface area (Å²) in [5.74, 6) is -8.04. The number of rotatable bonds is 6. The zero-order valence-electron chi connectivity index (χ0n) is 22.4. The number of aromatic carboxylic acids is 6. The lowest BCUT2D eigenvalue weighted by Gasteiger charge is -2.04. The first-order valence-electron chi connectivity index (χ1n) is 11.9. The Labute approximate surface area is 250 Å². The topological polar surface area (TPSA) is 341 Å². The zero-order chi connectivity index (χ0) is 34.3. The van der Waals surface area contributed by atoms with Crippen molar-refractivity contribution in [2.45, 2.75) is 0 Å². The van der Waals surface area contributed by atoms with E-state index in [4.69, 9.17) is 30.6 Å². The largest absolute Gasteiger partial charge is 0.477 e. The van der Waals surface area contributed by atoms with Crippen LogP contribution in [0.3, 0.4) is 0 Å². The molecule has 0 aliphatic rings. The molecule has 0 saturated heterocycles. The minimum atomic E-state index is -1.64. The molecule has 8 N–H and O–H groups in total. The summed E-state index contributed by atoms with van der Waals surface area (Å²) in [6.07, 6.45) is 0. The Bertz CT molecular complexity index is 2020. The van der Waals surface area contributed by atoms with Gasteiger partial charge in [-0.05, 0) is 24.3 Å². The molecule has 0 aliphatic carbocycles.